The van der Waals surface area contributed by atoms with Gasteiger partial charge in [-0.2, -0.15) is 0 Å². The molecular formula is C16H21BrN2O4. The zero-order valence-electron chi connectivity index (χ0n) is 12.9. The monoisotopic (exact) mass is 384 g/mol. The molecule has 2 heterocycles. The second-order valence-corrected chi connectivity index (χ2v) is 6.98. The van der Waals surface area contributed by atoms with Gasteiger partial charge < -0.3 is 19.9 Å². The van der Waals surface area contributed by atoms with Gasteiger partial charge in [-0.25, -0.2) is 9.78 Å². The number of hydrogen-bond acceptors (Lipinski definition) is 5. The van der Waals surface area contributed by atoms with Crippen molar-refractivity contribution in [1.29, 1.82) is 0 Å². The second kappa shape index (κ2) is 6.84. The molecule has 0 unspecified atom stereocenters. The zero-order chi connectivity index (χ0) is 16.3. The number of carbonyl (C=O) groups is 1. The first-order valence-corrected chi connectivity index (χ1v) is 8.66. The van der Waals surface area contributed by atoms with Gasteiger partial charge in [0.15, 0.2) is 0 Å². The molecule has 0 amide bonds. The van der Waals surface area contributed by atoms with Gasteiger partial charge in [-0.3, -0.25) is 0 Å². The summed E-state index contributed by atoms with van der Waals surface area (Å²) in [6.45, 7) is 2.14. The fraction of sp³-hybridized carbons (Fsp3) is 0.625. The summed E-state index contributed by atoms with van der Waals surface area (Å²) in [5.41, 5.74) is 0.139. The van der Waals surface area contributed by atoms with Crippen LogP contribution in [0.1, 0.15) is 31.2 Å². The van der Waals surface area contributed by atoms with Crippen LogP contribution in [0.25, 0.3) is 0 Å². The van der Waals surface area contributed by atoms with E-state index in [0.29, 0.717) is 17.4 Å². The van der Waals surface area contributed by atoms with Crippen LogP contribution in [0, 0.1) is 0 Å². The third-order valence-corrected chi connectivity index (χ3v) is 5.46. The van der Waals surface area contributed by atoms with E-state index >= 15 is 0 Å². The topological polar surface area (TPSA) is 80.7 Å². The maximum absolute atomic E-state index is 11.0. The molecular weight excluding hydrogens is 364 g/mol. The summed E-state index contributed by atoms with van der Waals surface area (Å²) in [4.78, 5) is 15.3. The van der Waals surface area contributed by atoms with E-state index in [9.17, 15) is 4.79 Å². The van der Waals surface area contributed by atoms with Crippen molar-refractivity contribution in [2.45, 2.75) is 36.9 Å². The number of morpholine rings is 1. The Kier molecular flexibility index (Phi) is 5.01. The van der Waals surface area contributed by atoms with E-state index in [0.717, 1.165) is 38.1 Å². The second-order valence-electron chi connectivity index (χ2n) is 6.23. The van der Waals surface area contributed by atoms with E-state index in [-0.39, 0.29) is 12.2 Å². The molecule has 0 aromatic carbocycles. The number of carboxylic acid groups (broad SMARTS) is 1. The van der Waals surface area contributed by atoms with Crippen LogP contribution in [-0.4, -0.2) is 48.0 Å². The van der Waals surface area contributed by atoms with Crippen molar-refractivity contribution < 1.29 is 19.4 Å². The van der Waals surface area contributed by atoms with E-state index < -0.39 is 11.6 Å². The van der Waals surface area contributed by atoms with Gasteiger partial charge in [0.05, 0.1) is 17.8 Å². The van der Waals surface area contributed by atoms with Gasteiger partial charge in [0.25, 0.3) is 0 Å². The van der Waals surface area contributed by atoms with Crippen LogP contribution in [0.3, 0.4) is 0 Å². The SMILES string of the molecule is O=C(O)COC1(c2cccnc2Br)CCC2(CC1)CNCCO2. The molecule has 3 rings (SSSR count). The van der Waals surface area contributed by atoms with E-state index in [1.165, 1.54) is 0 Å². The highest BCUT2D eigenvalue weighted by Gasteiger charge is 2.47. The molecule has 7 heteroatoms. The van der Waals surface area contributed by atoms with Crippen molar-refractivity contribution in [2.24, 2.45) is 0 Å². The number of aromatic nitrogens is 1. The Morgan fingerprint density at radius 2 is 2.22 bits per heavy atom. The molecule has 2 fully saturated rings. The fourth-order valence-corrected chi connectivity index (χ4v) is 4.17. The maximum atomic E-state index is 11.0. The van der Waals surface area contributed by atoms with Crippen molar-refractivity contribution in [2.75, 3.05) is 26.3 Å². The number of nitrogens with one attached hydrogen (secondary N) is 1. The maximum Gasteiger partial charge on any atom is 0.329 e. The number of rotatable bonds is 4. The summed E-state index contributed by atoms with van der Waals surface area (Å²) in [5, 5.41) is 12.4. The summed E-state index contributed by atoms with van der Waals surface area (Å²) >= 11 is 3.48. The summed E-state index contributed by atoms with van der Waals surface area (Å²) < 4.78 is 12.6. The molecule has 0 radical (unpaired) electrons. The number of pyridine rings is 1. The fourth-order valence-electron chi connectivity index (χ4n) is 3.55. The van der Waals surface area contributed by atoms with Crippen molar-refractivity contribution in [1.82, 2.24) is 10.3 Å². The quantitative estimate of drug-likeness (QED) is 0.773. The Balaban J connectivity index is 1.83. The van der Waals surface area contributed by atoms with Crippen LogP contribution in [0.2, 0.25) is 0 Å². The highest BCUT2D eigenvalue weighted by atomic mass is 79.9. The predicted octanol–water partition coefficient (Wildman–Crippen LogP) is 2.07. The minimum atomic E-state index is -0.958. The van der Waals surface area contributed by atoms with Crippen LogP contribution in [0.4, 0.5) is 0 Å². The molecule has 1 aliphatic carbocycles. The molecule has 2 N–H and O–H groups in total. The van der Waals surface area contributed by atoms with Gasteiger partial charge in [-0.15, -0.1) is 0 Å². The van der Waals surface area contributed by atoms with Crippen LogP contribution in [0.5, 0.6) is 0 Å². The first kappa shape index (κ1) is 16.8. The average Bonchev–Trinajstić information content (AvgIpc) is 2.56. The largest absolute Gasteiger partial charge is 0.480 e. The van der Waals surface area contributed by atoms with Gasteiger partial charge in [-0.05, 0) is 47.7 Å². The Morgan fingerprint density at radius 3 is 2.83 bits per heavy atom. The lowest BCUT2D eigenvalue weighted by atomic mass is 9.72. The third kappa shape index (κ3) is 3.57. The molecule has 23 heavy (non-hydrogen) atoms. The number of hydrogen-bond donors (Lipinski definition) is 2. The molecule has 0 atom stereocenters. The molecule has 6 nitrogen and oxygen atoms in total. The molecule has 2 aliphatic rings. The first-order chi connectivity index (χ1) is 11.1. The van der Waals surface area contributed by atoms with Crippen LogP contribution >= 0.6 is 15.9 Å². The molecule has 1 saturated carbocycles. The number of nitrogens with zero attached hydrogens (tertiary/aromatic N) is 1. The number of carboxylic acids is 1. The van der Waals surface area contributed by atoms with Crippen molar-refractivity contribution >= 4 is 21.9 Å². The normalized spacial score (nSPS) is 31.2. The molecule has 1 aliphatic heterocycles. The van der Waals surface area contributed by atoms with Crippen molar-refractivity contribution in [3.63, 3.8) is 0 Å². The zero-order valence-corrected chi connectivity index (χ0v) is 14.5. The molecule has 1 aromatic rings. The summed E-state index contributed by atoms with van der Waals surface area (Å²) in [6.07, 6.45) is 4.80. The van der Waals surface area contributed by atoms with Crippen LogP contribution < -0.4 is 5.32 Å². The van der Waals surface area contributed by atoms with E-state index in [1.54, 1.807) is 6.20 Å². The molecule has 126 valence electrons. The van der Waals surface area contributed by atoms with E-state index in [4.69, 9.17) is 14.6 Å². The number of aliphatic carboxylic acids is 1. The van der Waals surface area contributed by atoms with Crippen LogP contribution in [-0.2, 0) is 19.9 Å². The molecule has 1 saturated heterocycles. The van der Waals surface area contributed by atoms with Gasteiger partial charge in [0.2, 0.25) is 0 Å². The Morgan fingerprint density at radius 1 is 1.43 bits per heavy atom. The highest BCUT2D eigenvalue weighted by Crippen LogP contribution is 2.47. The predicted molar refractivity (Wildman–Crippen MR) is 87.2 cm³/mol. The van der Waals surface area contributed by atoms with Gasteiger partial charge >= 0.3 is 5.97 Å². The molecule has 1 spiro atoms. The highest BCUT2D eigenvalue weighted by molar-refractivity contribution is 9.10. The smallest absolute Gasteiger partial charge is 0.329 e. The Hall–Kier alpha value is -1.02. The molecule has 0 bridgehead atoms. The minimum Gasteiger partial charge on any atom is -0.480 e. The lowest BCUT2D eigenvalue weighted by Gasteiger charge is -2.47. The minimum absolute atomic E-state index is 0.150. The van der Waals surface area contributed by atoms with Gasteiger partial charge in [0.1, 0.15) is 11.2 Å². The summed E-state index contributed by atoms with van der Waals surface area (Å²) in [6, 6.07) is 3.81. The third-order valence-electron chi connectivity index (χ3n) is 4.83. The Bertz CT molecular complexity index is 565. The van der Waals surface area contributed by atoms with E-state index in [2.05, 4.69) is 26.2 Å². The van der Waals surface area contributed by atoms with Crippen molar-refractivity contribution in [3.8, 4) is 0 Å². The van der Waals surface area contributed by atoms with Gasteiger partial charge in [-0.1, -0.05) is 6.07 Å². The average molecular weight is 385 g/mol. The standard InChI is InChI=1S/C16H21BrN2O4/c17-14-12(2-1-7-19-14)16(23-10-13(20)21)5-3-15(4-6-16)11-18-8-9-22-15/h1-2,7,18H,3-6,8-11H2,(H,20,21). The van der Waals surface area contributed by atoms with E-state index in [1.807, 2.05) is 12.1 Å². The summed E-state index contributed by atoms with van der Waals surface area (Å²) in [5.74, 6) is -0.958. The number of ether oxygens (including phenoxy) is 2. The lowest BCUT2D eigenvalue weighted by Crippen LogP contribution is -2.54. The summed E-state index contributed by atoms with van der Waals surface area (Å²) in [7, 11) is 0. The molecule has 1 aromatic heterocycles. The van der Waals surface area contributed by atoms with Crippen molar-refractivity contribution in [3.05, 3.63) is 28.5 Å². The lowest BCUT2D eigenvalue weighted by molar-refractivity contribution is -0.168. The van der Waals surface area contributed by atoms with Crippen LogP contribution in [0.15, 0.2) is 22.9 Å². The number of halogens is 1. The van der Waals surface area contributed by atoms with Gasteiger partial charge in [0, 0.05) is 24.8 Å². The first-order valence-electron chi connectivity index (χ1n) is 7.87. The Labute approximate surface area is 143 Å².